The molecule has 0 fully saturated rings. The van der Waals surface area contributed by atoms with Crippen LogP contribution in [0.1, 0.15) is 34.8 Å². The van der Waals surface area contributed by atoms with Crippen LogP contribution in [0.3, 0.4) is 0 Å². The third-order valence-corrected chi connectivity index (χ3v) is 3.18. The first kappa shape index (κ1) is 11.6. The number of fused-ring (bicyclic) bond motifs is 1. The second-order valence-electron chi connectivity index (χ2n) is 4.06. The lowest BCUT2D eigenvalue weighted by Gasteiger charge is -2.16. The number of hydrogen-bond donors (Lipinski definition) is 1. The Morgan fingerprint density at radius 1 is 1.50 bits per heavy atom. The number of carbonyl (C=O) groups excluding carboxylic acids is 1. The van der Waals surface area contributed by atoms with Crippen LogP contribution in [-0.4, -0.2) is 17.5 Å². The molecule has 86 valence electrons. The Morgan fingerprint density at radius 2 is 2.25 bits per heavy atom. The van der Waals surface area contributed by atoms with Crippen molar-refractivity contribution in [1.29, 1.82) is 0 Å². The molecule has 1 amide bonds. The number of halogens is 1. The topological polar surface area (TPSA) is 32.3 Å². The smallest absolute Gasteiger partial charge is 0.268 e. The largest absolute Gasteiger partial charge is 0.269 e. The van der Waals surface area contributed by atoms with Crippen LogP contribution >= 0.6 is 15.9 Å². The highest BCUT2D eigenvalue weighted by Crippen LogP contribution is 2.28. The number of hydrogen-bond acceptors (Lipinski definition) is 2. The molecule has 16 heavy (non-hydrogen) atoms. The summed E-state index contributed by atoms with van der Waals surface area (Å²) in [5.41, 5.74) is 6.13. The molecule has 0 aliphatic carbocycles. The van der Waals surface area contributed by atoms with Crippen LogP contribution in [-0.2, 0) is 6.54 Å². The first-order valence-corrected chi connectivity index (χ1v) is 6.27. The van der Waals surface area contributed by atoms with E-state index < -0.39 is 0 Å². The Labute approximate surface area is 104 Å². The molecular formula is C12H15BrN2O. The quantitative estimate of drug-likeness (QED) is 0.925. The summed E-state index contributed by atoms with van der Waals surface area (Å²) < 4.78 is 1.04. The van der Waals surface area contributed by atoms with E-state index in [1.54, 1.807) is 5.01 Å². The van der Waals surface area contributed by atoms with Gasteiger partial charge in [0, 0.05) is 16.6 Å². The van der Waals surface area contributed by atoms with Gasteiger partial charge in [-0.25, -0.2) is 5.43 Å². The Hall–Kier alpha value is -0.870. The molecule has 0 bridgehead atoms. The van der Waals surface area contributed by atoms with Gasteiger partial charge in [0.05, 0.1) is 6.54 Å². The fourth-order valence-corrected chi connectivity index (χ4v) is 2.61. The van der Waals surface area contributed by atoms with Gasteiger partial charge in [0.15, 0.2) is 0 Å². The highest BCUT2D eigenvalue weighted by molar-refractivity contribution is 9.10. The third kappa shape index (κ3) is 1.99. The lowest BCUT2D eigenvalue weighted by molar-refractivity contribution is 0.0684. The van der Waals surface area contributed by atoms with Crippen molar-refractivity contribution in [3.05, 3.63) is 33.3 Å². The zero-order chi connectivity index (χ0) is 11.7. The van der Waals surface area contributed by atoms with E-state index in [1.165, 1.54) is 0 Å². The Balaban J connectivity index is 2.28. The summed E-state index contributed by atoms with van der Waals surface area (Å²) in [5, 5.41) is 1.70. The summed E-state index contributed by atoms with van der Waals surface area (Å²) in [7, 11) is 0. The van der Waals surface area contributed by atoms with E-state index in [9.17, 15) is 4.79 Å². The van der Waals surface area contributed by atoms with E-state index in [0.29, 0.717) is 6.54 Å². The van der Waals surface area contributed by atoms with Gasteiger partial charge >= 0.3 is 0 Å². The Kier molecular flexibility index (Phi) is 3.30. The molecule has 1 aromatic carbocycles. The fraction of sp³-hybridized carbons (Fsp3) is 0.417. The number of rotatable bonds is 3. The molecule has 0 saturated heterocycles. The predicted octanol–water partition coefficient (Wildman–Crippen LogP) is 2.63. The van der Waals surface area contributed by atoms with E-state index in [0.717, 1.165) is 34.1 Å². The van der Waals surface area contributed by atoms with E-state index in [2.05, 4.69) is 28.3 Å². The van der Waals surface area contributed by atoms with Gasteiger partial charge in [-0.3, -0.25) is 9.80 Å². The summed E-state index contributed by atoms with van der Waals surface area (Å²) >= 11 is 3.46. The maximum atomic E-state index is 12.1. The van der Waals surface area contributed by atoms with Gasteiger partial charge in [0.25, 0.3) is 5.91 Å². The number of hydrazine groups is 1. The van der Waals surface area contributed by atoms with Gasteiger partial charge in [0.1, 0.15) is 0 Å². The van der Waals surface area contributed by atoms with E-state index in [-0.39, 0.29) is 5.91 Å². The minimum Gasteiger partial charge on any atom is -0.269 e. The minimum atomic E-state index is 0.0912. The van der Waals surface area contributed by atoms with Crippen LogP contribution < -0.4 is 5.43 Å². The summed E-state index contributed by atoms with van der Waals surface area (Å²) in [6.07, 6.45) is 1.02. The van der Waals surface area contributed by atoms with Crippen molar-refractivity contribution >= 4 is 21.8 Å². The number of amides is 1. The summed E-state index contributed by atoms with van der Waals surface area (Å²) in [5.74, 6) is 0.0912. The molecular weight excluding hydrogens is 268 g/mol. The van der Waals surface area contributed by atoms with Crippen molar-refractivity contribution in [2.75, 3.05) is 6.54 Å². The predicted molar refractivity (Wildman–Crippen MR) is 67.0 cm³/mol. The first-order valence-electron chi connectivity index (χ1n) is 5.48. The van der Waals surface area contributed by atoms with Crippen LogP contribution in [0, 0.1) is 6.92 Å². The molecule has 3 nitrogen and oxygen atoms in total. The standard InChI is InChI=1S/C12H15BrN2O/c1-3-4-14-15-7-9-6-10(13)5-8(2)11(9)12(15)16/h5-6,14H,3-4,7H2,1-2H3. The van der Waals surface area contributed by atoms with Gasteiger partial charge < -0.3 is 0 Å². The molecule has 4 heteroatoms. The van der Waals surface area contributed by atoms with E-state index in [1.807, 2.05) is 19.1 Å². The highest BCUT2D eigenvalue weighted by atomic mass is 79.9. The molecule has 1 N–H and O–H groups in total. The van der Waals surface area contributed by atoms with Crippen LogP contribution in [0.15, 0.2) is 16.6 Å². The van der Waals surface area contributed by atoms with Crippen molar-refractivity contribution in [2.24, 2.45) is 0 Å². The number of benzene rings is 1. The molecule has 2 rings (SSSR count). The van der Waals surface area contributed by atoms with Crippen molar-refractivity contribution in [3.63, 3.8) is 0 Å². The number of nitrogens with one attached hydrogen (secondary N) is 1. The van der Waals surface area contributed by atoms with E-state index >= 15 is 0 Å². The lowest BCUT2D eigenvalue weighted by Crippen LogP contribution is -2.38. The molecule has 0 saturated carbocycles. The van der Waals surface area contributed by atoms with Gasteiger partial charge in [0.2, 0.25) is 0 Å². The maximum absolute atomic E-state index is 12.1. The van der Waals surface area contributed by atoms with Crippen molar-refractivity contribution in [2.45, 2.75) is 26.8 Å². The van der Waals surface area contributed by atoms with Crippen molar-refractivity contribution in [3.8, 4) is 0 Å². The highest BCUT2D eigenvalue weighted by Gasteiger charge is 2.28. The number of carbonyl (C=O) groups is 1. The zero-order valence-electron chi connectivity index (χ0n) is 9.51. The maximum Gasteiger partial charge on any atom is 0.268 e. The zero-order valence-corrected chi connectivity index (χ0v) is 11.1. The summed E-state index contributed by atoms with van der Waals surface area (Å²) in [4.78, 5) is 12.1. The van der Waals surface area contributed by atoms with Gasteiger partial charge in [-0.2, -0.15) is 0 Å². The Morgan fingerprint density at radius 3 is 2.94 bits per heavy atom. The molecule has 0 radical (unpaired) electrons. The average molecular weight is 283 g/mol. The van der Waals surface area contributed by atoms with Crippen LogP contribution in [0.5, 0.6) is 0 Å². The van der Waals surface area contributed by atoms with Crippen molar-refractivity contribution in [1.82, 2.24) is 10.4 Å². The lowest BCUT2D eigenvalue weighted by atomic mass is 10.0. The fourth-order valence-electron chi connectivity index (χ4n) is 1.99. The molecule has 0 unspecified atom stereocenters. The molecule has 1 heterocycles. The summed E-state index contributed by atoms with van der Waals surface area (Å²) in [6, 6.07) is 4.01. The third-order valence-electron chi connectivity index (χ3n) is 2.72. The molecule has 1 aliphatic rings. The minimum absolute atomic E-state index is 0.0912. The van der Waals surface area contributed by atoms with Gasteiger partial charge in [-0.05, 0) is 36.6 Å². The normalized spacial score (nSPS) is 14.4. The van der Waals surface area contributed by atoms with Crippen LogP contribution in [0.25, 0.3) is 0 Å². The number of nitrogens with zero attached hydrogens (tertiary/aromatic N) is 1. The first-order chi connectivity index (χ1) is 7.63. The summed E-state index contributed by atoms with van der Waals surface area (Å²) in [6.45, 7) is 5.56. The Bertz CT molecular complexity index is 431. The average Bonchev–Trinajstić information content (AvgIpc) is 2.52. The second-order valence-corrected chi connectivity index (χ2v) is 4.97. The van der Waals surface area contributed by atoms with Crippen LogP contribution in [0.2, 0.25) is 0 Å². The van der Waals surface area contributed by atoms with Crippen LogP contribution in [0.4, 0.5) is 0 Å². The van der Waals surface area contributed by atoms with Gasteiger partial charge in [-0.1, -0.05) is 22.9 Å². The van der Waals surface area contributed by atoms with E-state index in [4.69, 9.17) is 0 Å². The molecule has 1 aliphatic heterocycles. The number of aryl methyl sites for hydroxylation is 1. The van der Waals surface area contributed by atoms with Crippen molar-refractivity contribution < 1.29 is 4.79 Å². The van der Waals surface area contributed by atoms with Gasteiger partial charge in [-0.15, -0.1) is 0 Å². The molecule has 0 spiro atoms. The molecule has 0 atom stereocenters. The molecule has 1 aromatic rings. The monoisotopic (exact) mass is 282 g/mol. The second kappa shape index (κ2) is 4.55. The molecule has 0 aromatic heterocycles. The SMILES string of the molecule is CCCNN1Cc2cc(Br)cc(C)c2C1=O.